The second-order valence-corrected chi connectivity index (χ2v) is 14.2. The van der Waals surface area contributed by atoms with E-state index >= 15 is 0 Å². The van der Waals surface area contributed by atoms with E-state index in [0.717, 1.165) is 53.5 Å². The van der Waals surface area contributed by atoms with Gasteiger partial charge in [0.05, 0.1) is 5.70 Å². The van der Waals surface area contributed by atoms with Crippen LogP contribution >= 0.6 is 0 Å². The van der Waals surface area contributed by atoms with Crippen LogP contribution in [0.2, 0.25) is 0 Å². The van der Waals surface area contributed by atoms with Gasteiger partial charge in [0.2, 0.25) is 0 Å². The Hall–Kier alpha value is -6.45. The topological polar surface area (TPSA) is 59.1 Å². The van der Waals surface area contributed by atoms with Crippen LogP contribution in [0.5, 0.6) is 0 Å². The van der Waals surface area contributed by atoms with Gasteiger partial charge in [-0.15, -0.1) is 0 Å². The fourth-order valence-corrected chi connectivity index (χ4v) is 8.04. The second kappa shape index (κ2) is 15.3. The Balaban J connectivity index is 1.12. The Kier molecular flexibility index (Phi) is 9.79. The van der Waals surface area contributed by atoms with E-state index in [1.165, 1.54) is 50.4 Å². The van der Waals surface area contributed by atoms with Gasteiger partial charge >= 0.3 is 0 Å². The Bertz CT molecular complexity index is 2450. The van der Waals surface area contributed by atoms with Crippen molar-refractivity contribution in [3.63, 3.8) is 0 Å². The van der Waals surface area contributed by atoms with E-state index in [-0.39, 0.29) is 11.8 Å². The first-order valence-corrected chi connectivity index (χ1v) is 18.8. The van der Waals surface area contributed by atoms with E-state index in [1.807, 2.05) is 12.1 Å². The molecule has 3 N–H and O–H groups in total. The maximum absolute atomic E-state index is 7.76. The smallest absolute Gasteiger partial charge is 0.147 e. The third-order valence-electron chi connectivity index (χ3n) is 11.0. The standard InChI is InChI=1S/C51H44N2O/c1-3-11-43(33-52)40-24-22-39(23-25-40)38-20-18-35(19-21-38)34(2)54-50-32-44(48-30-42-14-7-8-15-45(42)46-16-9-10-17-47(46)48)31-49(51(50)53)41-28-26-37(27-29-41)36-12-5-4-6-13-36/h3-8,10-15,17-24,26-30,32-33,40,49,52H,1-2,9,16,25,31,53H2/b43-11+,52-33?. The molecule has 0 fully saturated rings. The zero-order valence-electron chi connectivity index (χ0n) is 30.5. The lowest BCUT2D eigenvalue weighted by Crippen LogP contribution is -2.19. The minimum absolute atomic E-state index is 0.0713. The summed E-state index contributed by atoms with van der Waals surface area (Å²) < 4.78 is 6.68. The number of aryl methyl sites for hydroxylation is 1. The molecular formula is C51H44N2O. The largest absolute Gasteiger partial charge is 0.456 e. The molecular weight excluding hydrogens is 657 g/mol. The van der Waals surface area contributed by atoms with E-state index in [0.29, 0.717) is 17.2 Å². The van der Waals surface area contributed by atoms with Crippen LogP contribution in [0.4, 0.5) is 0 Å². The lowest BCUT2D eigenvalue weighted by Gasteiger charge is -2.29. The number of rotatable bonds is 10. The molecule has 3 aliphatic carbocycles. The Morgan fingerprint density at radius 2 is 1.59 bits per heavy atom. The zero-order chi connectivity index (χ0) is 37.0. The average molecular weight is 701 g/mol. The number of nitrogens with one attached hydrogen (secondary N) is 1. The number of fused-ring (bicyclic) bond motifs is 3. The molecule has 0 spiro atoms. The highest BCUT2D eigenvalue weighted by atomic mass is 16.5. The van der Waals surface area contributed by atoms with Gasteiger partial charge in [0.1, 0.15) is 11.5 Å². The highest BCUT2D eigenvalue weighted by Crippen LogP contribution is 2.44. The van der Waals surface area contributed by atoms with Gasteiger partial charge in [0, 0.05) is 23.6 Å². The van der Waals surface area contributed by atoms with Gasteiger partial charge in [0.25, 0.3) is 0 Å². The molecule has 0 heterocycles. The molecule has 3 heteroatoms. The van der Waals surface area contributed by atoms with Gasteiger partial charge in [-0.25, -0.2) is 0 Å². The lowest BCUT2D eigenvalue weighted by atomic mass is 9.78. The van der Waals surface area contributed by atoms with Gasteiger partial charge in [-0.3, -0.25) is 0 Å². The van der Waals surface area contributed by atoms with E-state index < -0.39 is 0 Å². The van der Waals surface area contributed by atoms with E-state index in [1.54, 1.807) is 6.08 Å². The molecule has 5 aromatic rings. The van der Waals surface area contributed by atoms with Gasteiger partial charge in [-0.05, 0) is 104 Å². The summed E-state index contributed by atoms with van der Waals surface area (Å²) in [6.45, 7) is 8.18. The maximum atomic E-state index is 7.76. The van der Waals surface area contributed by atoms with Gasteiger partial charge < -0.3 is 15.9 Å². The van der Waals surface area contributed by atoms with Gasteiger partial charge in [0.15, 0.2) is 0 Å². The Labute approximate surface area is 318 Å². The van der Waals surface area contributed by atoms with Crippen LogP contribution in [0.3, 0.4) is 0 Å². The number of allylic oxidation sites excluding steroid dienone is 11. The Morgan fingerprint density at radius 3 is 2.33 bits per heavy atom. The average Bonchev–Trinajstić information content (AvgIpc) is 3.24. The van der Waals surface area contributed by atoms with Crippen LogP contribution in [-0.2, 0) is 11.2 Å². The summed E-state index contributed by atoms with van der Waals surface area (Å²) in [6.07, 6.45) is 22.0. The summed E-state index contributed by atoms with van der Waals surface area (Å²) in [7, 11) is 0. The minimum atomic E-state index is -0.0713. The molecule has 0 radical (unpaired) electrons. The van der Waals surface area contributed by atoms with Crippen molar-refractivity contribution in [2.75, 3.05) is 0 Å². The van der Waals surface area contributed by atoms with Crippen molar-refractivity contribution >= 4 is 40.0 Å². The van der Waals surface area contributed by atoms with Crippen LogP contribution in [0, 0.1) is 11.3 Å². The number of hydrogen-bond donors (Lipinski definition) is 2. The maximum Gasteiger partial charge on any atom is 0.147 e. The predicted octanol–water partition coefficient (Wildman–Crippen LogP) is 12.6. The normalized spacial score (nSPS) is 18.1. The molecule has 0 saturated heterocycles. The molecule has 0 bridgehead atoms. The van der Waals surface area contributed by atoms with Crippen LogP contribution in [0.1, 0.15) is 58.6 Å². The predicted molar refractivity (Wildman–Crippen MR) is 229 cm³/mol. The molecule has 3 aliphatic rings. The third kappa shape index (κ3) is 6.89. The second-order valence-electron chi connectivity index (χ2n) is 14.2. The number of ether oxygens (including phenoxy) is 1. The first kappa shape index (κ1) is 34.6. The zero-order valence-corrected chi connectivity index (χ0v) is 30.5. The molecule has 2 atom stereocenters. The quantitative estimate of drug-likeness (QED) is 0.0865. The minimum Gasteiger partial charge on any atom is -0.456 e. The van der Waals surface area contributed by atoms with Crippen molar-refractivity contribution in [3.8, 4) is 11.1 Å². The monoisotopic (exact) mass is 700 g/mol. The van der Waals surface area contributed by atoms with Crippen molar-refractivity contribution in [1.82, 2.24) is 0 Å². The molecule has 54 heavy (non-hydrogen) atoms. The third-order valence-corrected chi connectivity index (χ3v) is 11.0. The summed E-state index contributed by atoms with van der Waals surface area (Å²) in [5.41, 5.74) is 20.6. The van der Waals surface area contributed by atoms with Crippen molar-refractivity contribution in [3.05, 3.63) is 215 Å². The summed E-state index contributed by atoms with van der Waals surface area (Å²) in [5.74, 6) is 1.31. The molecule has 0 amide bonds. The van der Waals surface area contributed by atoms with Crippen molar-refractivity contribution in [2.24, 2.45) is 11.7 Å². The number of nitrogens with two attached hydrogens (primary N) is 1. The number of benzene rings is 5. The molecule has 5 aromatic carbocycles. The molecule has 0 saturated carbocycles. The van der Waals surface area contributed by atoms with E-state index in [2.05, 4.69) is 153 Å². The molecule has 8 rings (SSSR count). The van der Waals surface area contributed by atoms with Crippen LogP contribution in [0.15, 0.2) is 182 Å². The number of hydrogen-bond acceptors (Lipinski definition) is 3. The highest BCUT2D eigenvalue weighted by molar-refractivity contribution is 5.95. The van der Waals surface area contributed by atoms with Crippen LogP contribution < -0.4 is 5.73 Å². The van der Waals surface area contributed by atoms with E-state index in [4.69, 9.17) is 15.9 Å². The molecule has 3 nitrogen and oxygen atoms in total. The summed E-state index contributed by atoms with van der Waals surface area (Å²) in [5, 5.41) is 10.3. The molecule has 0 aromatic heterocycles. The fraction of sp³-hybridized carbons (Fsp3) is 0.118. The fourth-order valence-electron chi connectivity index (χ4n) is 8.04. The first-order valence-electron chi connectivity index (χ1n) is 18.8. The lowest BCUT2D eigenvalue weighted by molar-refractivity contribution is 0.387. The summed E-state index contributed by atoms with van der Waals surface area (Å²) in [6, 6.07) is 38.7. The van der Waals surface area contributed by atoms with Crippen LogP contribution in [-0.4, -0.2) is 6.21 Å². The highest BCUT2D eigenvalue weighted by Gasteiger charge is 2.28. The van der Waals surface area contributed by atoms with Crippen molar-refractivity contribution in [1.29, 1.82) is 5.41 Å². The van der Waals surface area contributed by atoms with Crippen molar-refractivity contribution in [2.45, 2.75) is 31.6 Å². The van der Waals surface area contributed by atoms with Crippen LogP contribution in [0.25, 0.3) is 44.9 Å². The molecule has 264 valence electrons. The molecule has 0 aliphatic heterocycles. The van der Waals surface area contributed by atoms with E-state index in [9.17, 15) is 0 Å². The SMILES string of the molecule is C=C/C=C(\C=N)C1C=CC(c2ccc(C(=C)OC3=C(N)C(c4ccc(-c5ccccc5)cc4)CC(c4cc5ccccc5c5c4C=CCC5)=C3)cc2)=CC1. The molecule has 2 unspecified atom stereocenters. The Morgan fingerprint density at radius 1 is 0.852 bits per heavy atom. The van der Waals surface area contributed by atoms with Gasteiger partial charge in [-0.2, -0.15) is 0 Å². The van der Waals surface area contributed by atoms with Crippen molar-refractivity contribution < 1.29 is 4.74 Å². The summed E-state index contributed by atoms with van der Waals surface area (Å²) >= 11 is 0. The van der Waals surface area contributed by atoms with Gasteiger partial charge in [-0.1, -0.05) is 159 Å². The summed E-state index contributed by atoms with van der Waals surface area (Å²) in [4.78, 5) is 0. The first-order chi connectivity index (χ1) is 26.5.